The number of carbonyl (C=O) groups excluding carboxylic acids is 2. The van der Waals surface area contributed by atoms with Gasteiger partial charge in [-0.3, -0.25) is 9.59 Å². The first-order chi connectivity index (χ1) is 7.83. The van der Waals surface area contributed by atoms with Gasteiger partial charge in [-0.25, -0.2) is 4.98 Å². The predicted octanol–water partition coefficient (Wildman–Crippen LogP) is 1.91. The lowest BCUT2D eigenvalue weighted by molar-refractivity contribution is -0.120. The summed E-state index contributed by atoms with van der Waals surface area (Å²) in [6.45, 7) is 0.287. The van der Waals surface area contributed by atoms with Gasteiger partial charge in [0.1, 0.15) is 0 Å². The number of rotatable bonds is 4. The molecule has 5 heteroatoms. The molecule has 0 radical (unpaired) electrons. The largest absolute Gasteiger partial charge is 0.415 e. The number of ether oxygens (including phenoxy) is 1. The first-order valence-corrected chi connectivity index (χ1v) is 5.34. The summed E-state index contributed by atoms with van der Waals surface area (Å²) in [6.07, 6.45) is 0. The van der Waals surface area contributed by atoms with E-state index < -0.39 is 0 Å². The van der Waals surface area contributed by atoms with Gasteiger partial charge in [0.05, 0.1) is 5.51 Å². The molecule has 0 amide bonds. The molecule has 0 spiro atoms. The van der Waals surface area contributed by atoms with Gasteiger partial charge >= 0.3 is 0 Å². The molecule has 1 aromatic carbocycles. The minimum Gasteiger partial charge on any atom is -0.415 e. The van der Waals surface area contributed by atoms with Crippen molar-refractivity contribution in [1.29, 1.82) is 0 Å². The number of hydrogen-bond acceptors (Lipinski definition) is 5. The fourth-order valence-electron chi connectivity index (χ4n) is 1.24. The monoisotopic (exact) mass is 233 g/mol. The summed E-state index contributed by atoms with van der Waals surface area (Å²) in [6, 6.07) is 8.72. The van der Waals surface area contributed by atoms with Crippen molar-refractivity contribution in [2.45, 2.75) is 0 Å². The van der Waals surface area contributed by atoms with Crippen molar-refractivity contribution in [3.63, 3.8) is 0 Å². The third-order valence-corrected chi connectivity index (χ3v) is 2.66. The lowest BCUT2D eigenvalue weighted by atomic mass is 10.1. The number of ketones is 1. The first kappa shape index (κ1) is 10.5. The average Bonchev–Trinajstić information content (AvgIpc) is 2.78. The van der Waals surface area contributed by atoms with Crippen molar-refractivity contribution in [3.8, 4) is 5.06 Å². The molecule has 2 aromatic rings. The number of carbonyl (C=O) groups is 2. The first-order valence-electron chi connectivity index (χ1n) is 4.46. The summed E-state index contributed by atoms with van der Waals surface area (Å²) in [5, 5.41) is 0.226. The third kappa shape index (κ3) is 1.99. The molecule has 0 fully saturated rings. The fourth-order valence-corrected chi connectivity index (χ4v) is 1.85. The minimum absolute atomic E-state index is 0.170. The van der Waals surface area contributed by atoms with Gasteiger partial charge < -0.3 is 4.74 Å². The maximum atomic E-state index is 12.0. The Hall–Kier alpha value is -2.01. The molecule has 0 aliphatic rings. The van der Waals surface area contributed by atoms with Crippen LogP contribution in [0.15, 0.2) is 35.8 Å². The molecule has 0 atom stereocenters. The Labute approximate surface area is 95.5 Å². The van der Waals surface area contributed by atoms with Crippen molar-refractivity contribution in [2.75, 3.05) is 0 Å². The zero-order chi connectivity index (χ0) is 11.4. The summed E-state index contributed by atoms with van der Waals surface area (Å²) < 4.78 is 4.67. The average molecular weight is 233 g/mol. The second-order valence-electron chi connectivity index (χ2n) is 2.90. The van der Waals surface area contributed by atoms with E-state index in [0.717, 1.165) is 11.3 Å². The molecule has 0 unspecified atom stereocenters. The van der Waals surface area contributed by atoms with Crippen molar-refractivity contribution in [3.05, 3.63) is 47.1 Å². The highest BCUT2D eigenvalue weighted by Crippen LogP contribution is 2.24. The van der Waals surface area contributed by atoms with E-state index >= 15 is 0 Å². The normalized spacial score (nSPS) is 9.75. The molecule has 1 heterocycles. The molecule has 0 aliphatic carbocycles. The number of thiazole rings is 1. The van der Waals surface area contributed by atoms with E-state index in [4.69, 9.17) is 0 Å². The standard InChI is InChI=1S/C11H7NO3S/c13-7-15-11-9(12-6-16-11)10(14)8-4-2-1-3-5-8/h1-7H. The lowest BCUT2D eigenvalue weighted by Crippen LogP contribution is -2.03. The van der Waals surface area contributed by atoms with Crippen LogP contribution in [0.5, 0.6) is 5.06 Å². The third-order valence-electron chi connectivity index (χ3n) is 1.94. The molecular weight excluding hydrogens is 226 g/mol. The summed E-state index contributed by atoms with van der Waals surface area (Å²) in [5.74, 6) is -0.251. The van der Waals surface area contributed by atoms with Gasteiger partial charge in [0.2, 0.25) is 10.8 Å². The SMILES string of the molecule is O=COc1scnc1C(=O)c1ccccc1. The fraction of sp³-hybridized carbons (Fsp3) is 0. The van der Waals surface area contributed by atoms with Crippen molar-refractivity contribution in [2.24, 2.45) is 0 Å². The molecule has 2 rings (SSSR count). The zero-order valence-electron chi connectivity index (χ0n) is 8.12. The summed E-state index contributed by atoms with van der Waals surface area (Å²) in [5.41, 5.74) is 2.15. The molecule has 4 nitrogen and oxygen atoms in total. The van der Waals surface area contributed by atoms with Crippen LogP contribution in [-0.2, 0) is 4.79 Å². The Morgan fingerprint density at radius 3 is 2.75 bits per heavy atom. The Morgan fingerprint density at radius 2 is 2.06 bits per heavy atom. The number of aromatic nitrogens is 1. The molecule has 16 heavy (non-hydrogen) atoms. The minimum atomic E-state index is -0.251. The highest BCUT2D eigenvalue weighted by Gasteiger charge is 2.17. The Morgan fingerprint density at radius 1 is 1.31 bits per heavy atom. The maximum absolute atomic E-state index is 12.0. The van der Waals surface area contributed by atoms with E-state index in [9.17, 15) is 9.59 Å². The van der Waals surface area contributed by atoms with Crippen LogP contribution >= 0.6 is 11.3 Å². The number of benzene rings is 1. The second kappa shape index (κ2) is 4.67. The van der Waals surface area contributed by atoms with Gasteiger partial charge in [0, 0.05) is 5.56 Å². The van der Waals surface area contributed by atoms with Crippen LogP contribution < -0.4 is 4.74 Å². The number of nitrogens with zero attached hydrogens (tertiary/aromatic N) is 1. The van der Waals surface area contributed by atoms with Crippen molar-refractivity contribution in [1.82, 2.24) is 4.98 Å². The van der Waals surface area contributed by atoms with Gasteiger partial charge in [0.25, 0.3) is 6.47 Å². The van der Waals surface area contributed by atoms with Crippen LogP contribution in [-0.4, -0.2) is 17.2 Å². The Kier molecular flexibility index (Phi) is 3.07. The van der Waals surface area contributed by atoms with Crippen LogP contribution in [0, 0.1) is 0 Å². The van der Waals surface area contributed by atoms with Crippen LogP contribution in [0.4, 0.5) is 0 Å². The van der Waals surface area contributed by atoms with Gasteiger partial charge in [-0.2, -0.15) is 0 Å². The van der Waals surface area contributed by atoms with E-state index in [-0.39, 0.29) is 23.0 Å². The summed E-state index contributed by atoms with van der Waals surface area (Å²) in [4.78, 5) is 26.1. The molecule has 0 bridgehead atoms. The molecular formula is C11H7NO3S. The van der Waals surface area contributed by atoms with Crippen LogP contribution in [0.25, 0.3) is 0 Å². The highest BCUT2D eigenvalue weighted by atomic mass is 32.1. The van der Waals surface area contributed by atoms with E-state index in [1.807, 2.05) is 6.07 Å². The second-order valence-corrected chi connectivity index (χ2v) is 3.71. The van der Waals surface area contributed by atoms with E-state index in [2.05, 4.69) is 9.72 Å². The van der Waals surface area contributed by atoms with Crippen molar-refractivity contribution >= 4 is 23.6 Å². The van der Waals surface area contributed by atoms with E-state index in [1.165, 1.54) is 5.51 Å². The van der Waals surface area contributed by atoms with Gasteiger partial charge in [-0.15, -0.1) is 0 Å². The van der Waals surface area contributed by atoms with Gasteiger partial charge in [0.15, 0.2) is 5.69 Å². The van der Waals surface area contributed by atoms with Crippen molar-refractivity contribution < 1.29 is 14.3 Å². The highest BCUT2D eigenvalue weighted by molar-refractivity contribution is 7.12. The van der Waals surface area contributed by atoms with Crippen LogP contribution in [0.3, 0.4) is 0 Å². The molecule has 80 valence electrons. The summed E-state index contributed by atoms with van der Waals surface area (Å²) in [7, 11) is 0. The van der Waals surface area contributed by atoms with Gasteiger partial charge in [-0.05, 0) is 0 Å². The van der Waals surface area contributed by atoms with E-state index in [1.54, 1.807) is 24.3 Å². The van der Waals surface area contributed by atoms with E-state index in [0.29, 0.717) is 5.56 Å². The van der Waals surface area contributed by atoms with Gasteiger partial charge in [-0.1, -0.05) is 41.7 Å². The molecule has 1 aromatic heterocycles. The Balaban J connectivity index is 2.34. The van der Waals surface area contributed by atoms with Crippen LogP contribution in [0.1, 0.15) is 16.1 Å². The zero-order valence-corrected chi connectivity index (χ0v) is 8.94. The molecule has 0 aliphatic heterocycles. The van der Waals surface area contributed by atoms with Crippen LogP contribution in [0.2, 0.25) is 0 Å². The predicted molar refractivity (Wildman–Crippen MR) is 58.7 cm³/mol. The number of hydrogen-bond donors (Lipinski definition) is 0. The Bertz CT molecular complexity index is 507. The molecule has 0 saturated heterocycles. The lowest BCUT2D eigenvalue weighted by Gasteiger charge is -1.99. The quantitative estimate of drug-likeness (QED) is 0.598. The molecule has 0 N–H and O–H groups in total. The topological polar surface area (TPSA) is 56.3 Å². The smallest absolute Gasteiger partial charge is 0.299 e. The summed E-state index contributed by atoms with van der Waals surface area (Å²) >= 11 is 1.11. The maximum Gasteiger partial charge on any atom is 0.299 e. The molecule has 0 saturated carbocycles.